The number of benzene rings is 2. The summed E-state index contributed by atoms with van der Waals surface area (Å²) >= 11 is 0. The first kappa shape index (κ1) is 20.7. The second-order valence-electron chi connectivity index (χ2n) is 7.67. The average Bonchev–Trinajstić information content (AvgIpc) is 3.34. The fourth-order valence-electron chi connectivity index (χ4n) is 4.02. The van der Waals surface area contributed by atoms with Gasteiger partial charge in [0.05, 0.1) is 12.6 Å². The predicted molar refractivity (Wildman–Crippen MR) is 111 cm³/mol. The summed E-state index contributed by atoms with van der Waals surface area (Å²) < 4.78 is 11.2. The number of rotatable bonds is 7. The first-order valence-electron chi connectivity index (χ1n) is 10.5. The SMILES string of the molecule is O=C([C@@H](N[C@H](CO)c1ccccc1)[C@H](O)c1ccc2c(c1)OCCO2)N1CCCC1. The van der Waals surface area contributed by atoms with Crippen LogP contribution >= 0.6 is 0 Å². The minimum Gasteiger partial charge on any atom is -0.486 e. The number of aliphatic hydroxyl groups excluding tert-OH is 2. The summed E-state index contributed by atoms with van der Waals surface area (Å²) in [4.78, 5) is 15.1. The van der Waals surface area contributed by atoms with E-state index >= 15 is 0 Å². The number of nitrogens with zero attached hydrogens (tertiary/aromatic N) is 1. The molecule has 7 heteroatoms. The van der Waals surface area contributed by atoms with E-state index in [2.05, 4.69) is 5.32 Å². The van der Waals surface area contributed by atoms with Gasteiger partial charge in [-0.3, -0.25) is 10.1 Å². The summed E-state index contributed by atoms with van der Waals surface area (Å²) in [5.41, 5.74) is 1.42. The highest BCUT2D eigenvalue weighted by Gasteiger charge is 2.35. The average molecular weight is 412 g/mol. The van der Waals surface area contributed by atoms with Crippen molar-refractivity contribution in [3.05, 3.63) is 59.7 Å². The van der Waals surface area contributed by atoms with Gasteiger partial charge in [-0.25, -0.2) is 0 Å². The molecule has 1 amide bonds. The van der Waals surface area contributed by atoms with Crippen molar-refractivity contribution < 1.29 is 24.5 Å². The van der Waals surface area contributed by atoms with Crippen LogP contribution in [0.15, 0.2) is 48.5 Å². The van der Waals surface area contributed by atoms with Gasteiger partial charge in [0.2, 0.25) is 5.91 Å². The second kappa shape index (κ2) is 9.47. The predicted octanol–water partition coefficient (Wildman–Crippen LogP) is 1.81. The first-order valence-corrected chi connectivity index (χ1v) is 10.5. The van der Waals surface area contributed by atoms with Gasteiger partial charge in [-0.2, -0.15) is 0 Å². The van der Waals surface area contributed by atoms with E-state index in [0.717, 1.165) is 18.4 Å². The van der Waals surface area contributed by atoms with E-state index < -0.39 is 18.2 Å². The maximum Gasteiger partial charge on any atom is 0.242 e. The molecule has 1 saturated heterocycles. The van der Waals surface area contributed by atoms with E-state index in [4.69, 9.17) is 9.47 Å². The minimum atomic E-state index is -1.10. The molecular weight excluding hydrogens is 384 g/mol. The number of carbonyl (C=O) groups excluding carboxylic acids is 1. The number of carbonyl (C=O) groups is 1. The highest BCUT2D eigenvalue weighted by molar-refractivity contribution is 5.83. The normalized spacial score (nSPS) is 18.7. The summed E-state index contributed by atoms with van der Waals surface area (Å²) in [7, 11) is 0. The topological polar surface area (TPSA) is 91.3 Å². The lowest BCUT2D eigenvalue weighted by atomic mass is 9.98. The Kier molecular flexibility index (Phi) is 6.52. The molecule has 4 rings (SSSR count). The number of likely N-dealkylation sites (tertiary alicyclic amines) is 1. The van der Waals surface area contributed by atoms with Crippen LogP contribution in [0.3, 0.4) is 0 Å². The Morgan fingerprint density at radius 3 is 2.40 bits per heavy atom. The molecule has 7 nitrogen and oxygen atoms in total. The summed E-state index contributed by atoms with van der Waals surface area (Å²) in [5.74, 6) is 1.03. The lowest BCUT2D eigenvalue weighted by Gasteiger charge is -2.31. The summed E-state index contributed by atoms with van der Waals surface area (Å²) in [6, 6.07) is 13.3. The van der Waals surface area contributed by atoms with Crippen molar-refractivity contribution in [2.75, 3.05) is 32.9 Å². The molecule has 0 spiro atoms. The molecule has 0 bridgehead atoms. The Labute approximate surface area is 176 Å². The molecule has 0 aliphatic carbocycles. The van der Waals surface area contributed by atoms with Crippen molar-refractivity contribution in [3.8, 4) is 11.5 Å². The highest BCUT2D eigenvalue weighted by atomic mass is 16.6. The molecule has 0 saturated carbocycles. The number of amides is 1. The van der Waals surface area contributed by atoms with E-state index in [0.29, 0.717) is 43.4 Å². The molecule has 2 aromatic rings. The van der Waals surface area contributed by atoms with Gasteiger partial charge in [-0.1, -0.05) is 36.4 Å². The quantitative estimate of drug-likeness (QED) is 0.643. The fraction of sp³-hybridized carbons (Fsp3) is 0.435. The molecule has 2 heterocycles. The molecule has 0 unspecified atom stereocenters. The van der Waals surface area contributed by atoms with Gasteiger partial charge in [0.25, 0.3) is 0 Å². The molecule has 3 atom stereocenters. The molecule has 30 heavy (non-hydrogen) atoms. The molecule has 160 valence electrons. The van der Waals surface area contributed by atoms with Crippen LogP contribution in [-0.2, 0) is 4.79 Å². The van der Waals surface area contributed by atoms with Gasteiger partial charge in [-0.05, 0) is 36.1 Å². The third-order valence-corrected chi connectivity index (χ3v) is 5.67. The number of hydrogen-bond donors (Lipinski definition) is 3. The fourth-order valence-corrected chi connectivity index (χ4v) is 4.02. The number of ether oxygens (including phenoxy) is 2. The Balaban J connectivity index is 1.61. The van der Waals surface area contributed by atoms with Crippen LogP contribution in [0.2, 0.25) is 0 Å². The smallest absolute Gasteiger partial charge is 0.242 e. The molecule has 3 N–H and O–H groups in total. The van der Waals surface area contributed by atoms with Crippen LogP contribution in [0.1, 0.15) is 36.1 Å². The Morgan fingerprint density at radius 2 is 1.70 bits per heavy atom. The van der Waals surface area contributed by atoms with Gasteiger partial charge < -0.3 is 24.6 Å². The van der Waals surface area contributed by atoms with Gasteiger partial charge >= 0.3 is 0 Å². The van der Waals surface area contributed by atoms with Gasteiger partial charge in [0, 0.05) is 13.1 Å². The molecule has 0 aromatic heterocycles. The van der Waals surface area contributed by atoms with Crippen LogP contribution in [0.25, 0.3) is 0 Å². The van der Waals surface area contributed by atoms with Crippen LogP contribution in [0, 0.1) is 0 Å². The molecule has 0 radical (unpaired) electrons. The summed E-state index contributed by atoms with van der Waals surface area (Å²) in [6.07, 6.45) is 0.813. The van der Waals surface area contributed by atoms with E-state index in [1.807, 2.05) is 30.3 Å². The zero-order chi connectivity index (χ0) is 20.9. The number of fused-ring (bicyclic) bond motifs is 1. The third-order valence-electron chi connectivity index (χ3n) is 5.67. The van der Waals surface area contributed by atoms with Crippen molar-refractivity contribution in [1.29, 1.82) is 0 Å². The van der Waals surface area contributed by atoms with Gasteiger partial charge in [0.1, 0.15) is 25.4 Å². The van der Waals surface area contributed by atoms with E-state index in [1.165, 1.54) is 0 Å². The van der Waals surface area contributed by atoms with E-state index in [1.54, 1.807) is 23.1 Å². The van der Waals surface area contributed by atoms with Crippen LogP contribution in [-0.4, -0.2) is 60.0 Å². The van der Waals surface area contributed by atoms with Crippen LogP contribution < -0.4 is 14.8 Å². The largest absolute Gasteiger partial charge is 0.486 e. The number of aliphatic hydroxyl groups is 2. The molecule has 2 aromatic carbocycles. The third kappa shape index (κ3) is 4.43. The zero-order valence-electron chi connectivity index (χ0n) is 16.9. The zero-order valence-corrected chi connectivity index (χ0v) is 16.9. The maximum absolute atomic E-state index is 13.3. The Bertz CT molecular complexity index is 854. The highest BCUT2D eigenvalue weighted by Crippen LogP contribution is 2.34. The summed E-state index contributed by atoms with van der Waals surface area (Å²) in [6.45, 7) is 2.10. The lowest BCUT2D eigenvalue weighted by molar-refractivity contribution is -0.135. The monoisotopic (exact) mass is 412 g/mol. The number of hydrogen-bond acceptors (Lipinski definition) is 6. The van der Waals surface area contributed by atoms with Gasteiger partial charge in [-0.15, -0.1) is 0 Å². The first-order chi connectivity index (χ1) is 14.7. The molecule has 2 aliphatic rings. The molecule has 2 aliphatic heterocycles. The van der Waals surface area contributed by atoms with Crippen molar-refractivity contribution in [1.82, 2.24) is 10.2 Å². The standard InChI is InChI=1S/C23H28N2O5/c26-15-18(16-6-2-1-3-7-16)24-21(23(28)25-10-4-5-11-25)22(27)17-8-9-19-20(14-17)30-13-12-29-19/h1-3,6-9,14,18,21-22,24,26-27H,4-5,10-13,15H2/t18-,21+,22-/m1/s1. The Morgan fingerprint density at radius 1 is 1.00 bits per heavy atom. The Hall–Kier alpha value is -2.61. The van der Waals surface area contributed by atoms with Crippen LogP contribution in [0.4, 0.5) is 0 Å². The summed E-state index contributed by atoms with van der Waals surface area (Å²) in [5, 5.41) is 24.4. The molecular formula is C23H28N2O5. The van der Waals surface area contributed by atoms with Crippen LogP contribution in [0.5, 0.6) is 11.5 Å². The minimum absolute atomic E-state index is 0.163. The van der Waals surface area contributed by atoms with Crippen molar-refractivity contribution in [3.63, 3.8) is 0 Å². The van der Waals surface area contributed by atoms with Crippen molar-refractivity contribution in [2.45, 2.75) is 31.0 Å². The lowest BCUT2D eigenvalue weighted by Crippen LogP contribution is -2.50. The van der Waals surface area contributed by atoms with Crippen molar-refractivity contribution in [2.24, 2.45) is 0 Å². The molecule has 1 fully saturated rings. The van der Waals surface area contributed by atoms with Crippen molar-refractivity contribution >= 4 is 5.91 Å². The van der Waals surface area contributed by atoms with E-state index in [-0.39, 0.29) is 12.5 Å². The number of nitrogens with one attached hydrogen (secondary N) is 1. The second-order valence-corrected chi connectivity index (χ2v) is 7.67. The van der Waals surface area contributed by atoms with Gasteiger partial charge in [0.15, 0.2) is 11.5 Å². The van der Waals surface area contributed by atoms with E-state index in [9.17, 15) is 15.0 Å². The maximum atomic E-state index is 13.3.